The maximum Gasteiger partial charge on any atom is 0.125 e. The van der Waals surface area contributed by atoms with Crippen LogP contribution >= 0.6 is 0 Å². The Hall–Kier alpha value is -2.03. The minimum Gasteiger partial charge on any atom is -0.507 e. The molecule has 1 heterocycles. The van der Waals surface area contributed by atoms with Gasteiger partial charge < -0.3 is 10.8 Å². The molecule has 0 aliphatic carbocycles. The van der Waals surface area contributed by atoms with Gasteiger partial charge in [0.1, 0.15) is 5.75 Å². The fourth-order valence-corrected chi connectivity index (χ4v) is 1.50. The van der Waals surface area contributed by atoms with Crippen molar-refractivity contribution in [2.75, 3.05) is 5.73 Å². The van der Waals surface area contributed by atoms with E-state index in [4.69, 9.17) is 5.73 Å². The molecular formula is C12H12N2O. The van der Waals surface area contributed by atoms with E-state index >= 15 is 0 Å². The number of aryl methyl sites for hydroxylation is 1. The molecule has 2 rings (SSSR count). The lowest BCUT2D eigenvalue weighted by Crippen LogP contribution is -1.87. The molecule has 1 aromatic heterocycles. The van der Waals surface area contributed by atoms with E-state index in [0.717, 1.165) is 16.7 Å². The van der Waals surface area contributed by atoms with Crippen molar-refractivity contribution in [3.05, 3.63) is 42.2 Å². The number of phenolic OH excluding ortho intramolecular Hbond substituents is 1. The standard InChI is InChI=1S/C12H12N2O/c1-8-4-9(7-14-6-8)11-3-2-10(13)5-12(11)15/h2-7,15H,13H2,1H3. The maximum atomic E-state index is 9.73. The molecule has 15 heavy (non-hydrogen) atoms. The number of hydrogen-bond acceptors (Lipinski definition) is 3. The first-order valence-electron chi connectivity index (χ1n) is 4.67. The Morgan fingerprint density at radius 1 is 1.20 bits per heavy atom. The van der Waals surface area contributed by atoms with Crippen molar-refractivity contribution in [3.63, 3.8) is 0 Å². The molecule has 0 radical (unpaired) electrons. The fraction of sp³-hybridized carbons (Fsp3) is 0.0833. The first kappa shape index (κ1) is 9.52. The van der Waals surface area contributed by atoms with Gasteiger partial charge in [-0.1, -0.05) is 0 Å². The number of anilines is 1. The van der Waals surface area contributed by atoms with Crippen LogP contribution in [0.15, 0.2) is 36.7 Å². The van der Waals surface area contributed by atoms with Crippen molar-refractivity contribution >= 4 is 5.69 Å². The monoisotopic (exact) mass is 200 g/mol. The lowest BCUT2D eigenvalue weighted by molar-refractivity contribution is 0.477. The number of aromatic nitrogens is 1. The van der Waals surface area contributed by atoms with Crippen LogP contribution in [0.1, 0.15) is 5.56 Å². The molecule has 76 valence electrons. The summed E-state index contributed by atoms with van der Waals surface area (Å²) in [6, 6.07) is 7.06. The van der Waals surface area contributed by atoms with E-state index in [0.29, 0.717) is 5.69 Å². The number of nitrogens with zero attached hydrogens (tertiary/aromatic N) is 1. The van der Waals surface area contributed by atoms with Crippen molar-refractivity contribution in [1.29, 1.82) is 0 Å². The van der Waals surface area contributed by atoms with Gasteiger partial charge in [-0.2, -0.15) is 0 Å². The molecule has 2 aromatic rings. The summed E-state index contributed by atoms with van der Waals surface area (Å²) in [5.74, 6) is 0.183. The second kappa shape index (κ2) is 3.61. The zero-order valence-corrected chi connectivity index (χ0v) is 8.44. The van der Waals surface area contributed by atoms with Crippen LogP contribution in [0, 0.1) is 6.92 Å². The average molecular weight is 200 g/mol. The van der Waals surface area contributed by atoms with Crippen molar-refractivity contribution < 1.29 is 5.11 Å². The number of benzene rings is 1. The predicted octanol–water partition coefficient (Wildman–Crippen LogP) is 2.34. The smallest absolute Gasteiger partial charge is 0.125 e. The quantitative estimate of drug-likeness (QED) is 0.694. The van der Waals surface area contributed by atoms with Crippen molar-refractivity contribution in [2.45, 2.75) is 6.92 Å². The Balaban J connectivity index is 2.54. The molecule has 1 aromatic carbocycles. The highest BCUT2D eigenvalue weighted by molar-refractivity contribution is 5.72. The molecule has 3 nitrogen and oxygen atoms in total. The number of phenols is 1. The average Bonchev–Trinajstić information content (AvgIpc) is 2.17. The normalized spacial score (nSPS) is 10.2. The van der Waals surface area contributed by atoms with Crippen LogP contribution in [0.5, 0.6) is 5.75 Å². The largest absolute Gasteiger partial charge is 0.507 e. The zero-order chi connectivity index (χ0) is 10.8. The summed E-state index contributed by atoms with van der Waals surface area (Å²) in [6.07, 6.45) is 3.50. The number of rotatable bonds is 1. The van der Waals surface area contributed by atoms with E-state index in [9.17, 15) is 5.11 Å². The number of aromatic hydroxyl groups is 1. The van der Waals surface area contributed by atoms with Crippen molar-refractivity contribution in [1.82, 2.24) is 4.98 Å². The van der Waals surface area contributed by atoms with Crippen LogP contribution in [0.4, 0.5) is 5.69 Å². The molecule has 0 bridgehead atoms. The first-order chi connectivity index (χ1) is 7.16. The fourth-order valence-electron chi connectivity index (χ4n) is 1.50. The van der Waals surface area contributed by atoms with Crippen LogP contribution in [-0.4, -0.2) is 10.1 Å². The maximum absolute atomic E-state index is 9.73. The summed E-state index contributed by atoms with van der Waals surface area (Å²) in [5, 5.41) is 9.73. The van der Waals surface area contributed by atoms with Crippen molar-refractivity contribution in [3.8, 4) is 16.9 Å². The molecule has 0 aliphatic rings. The second-order valence-electron chi connectivity index (χ2n) is 3.53. The van der Waals surface area contributed by atoms with Gasteiger partial charge in [0.15, 0.2) is 0 Å². The summed E-state index contributed by atoms with van der Waals surface area (Å²) in [5.41, 5.74) is 8.82. The Labute approximate surface area is 88.2 Å². The third kappa shape index (κ3) is 1.91. The minimum atomic E-state index is 0.183. The molecule has 0 fully saturated rings. The topological polar surface area (TPSA) is 59.1 Å². The third-order valence-corrected chi connectivity index (χ3v) is 2.21. The Kier molecular flexibility index (Phi) is 2.29. The lowest BCUT2D eigenvalue weighted by atomic mass is 10.0. The first-order valence-corrected chi connectivity index (χ1v) is 4.67. The Bertz CT molecular complexity index is 495. The van der Waals surface area contributed by atoms with E-state index in [2.05, 4.69) is 4.98 Å². The highest BCUT2D eigenvalue weighted by atomic mass is 16.3. The molecule has 0 atom stereocenters. The van der Waals surface area contributed by atoms with Crippen LogP contribution in [0.25, 0.3) is 11.1 Å². The lowest BCUT2D eigenvalue weighted by Gasteiger charge is -2.05. The molecule has 0 aliphatic heterocycles. The molecule has 0 saturated carbocycles. The SMILES string of the molecule is Cc1cncc(-c2ccc(N)cc2O)c1. The summed E-state index contributed by atoms with van der Waals surface area (Å²) < 4.78 is 0. The molecular weight excluding hydrogens is 188 g/mol. The Morgan fingerprint density at radius 3 is 2.67 bits per heavy atom. The van der Waals surface area contributed by atoms with Gasteiger partial charge in [0.2, 0.25) is 0 Å². The molecule has 3 heteroatoms. The van der Waals surface area contributed by atoms with Gasteiger partial charge in [-0.05, 0) is 30.7 Å². The van der Waals surface area contributed by atoms with E-state index < -0.39 is 0 Å². The van der Waals surface area contributed by atoms with Gasteiger partial charge in [0, 0.05) is 35.3 Å². The number of nitrogen functional groups attached to an aromatic ring is 1. The number of nitrogens with two attached hydrogens (primary N) is 1. The molecule has 0 spiro atoms. The summed E-state index contributed by atoms with van der Waals surface area (Å²) >= 11 is 0. The van der Waals surface area contributed by atoms with E-state index in [1.54, 1.807) is 24.5 Å². The number of pyridine rings is 1. The molecule has 0 saturated heterocycles. The van der Waals surface area contributed by atoms with Gasteiger partial charge in [0.25, 0.3) is 0 Å². The third-order valence-electron chi connectivity index (χ3n) is 2.21. The zero-order valence-electron chi connectivity index (χ0n) is 8.44. The van der Waals surface area contributed by atoms with Crippen LogP contribution in [0.2, 0.25) is 0 Å². The highest BCUT2D eigenvalue weighted by Crippen LogP contribution is 2.30. The molecule has 0 amide bonds. The van der Waals surface area contributed by atoms with Gasteiger partial charge in [0.05, 0.1) is 0 Å². The van der Waals surface area contributed by atoms with E-state index in [-0.39, 0.29) is 5.75 Å². The molecule has 3 N–H and O–H groups in total. The number of hydrogen-bond donors (Lipinski definition) is 2. The van der Waals surface area contributed by atoms with E-state index in [1.807, 2.05) is 13.0 Å². The van der Waals surface area contributed by atoms with Crippen LogP contribution in [-0.2, 0) is 0 Å². The van der Waals surface area contributed by atoms with Crippen molar-refractivity contribution in [2.24, 2.45) is 0 Å². The molecule has 0 unspecified atom stereocenters. The second-order valence-corrected chi connectivity index (χ2v) is 3.53. The minimum absolute atomic E-state index is 0.183. The summed E-state index contributed by atoms with van der Waals surface area (Å²) in [7, 11) is 0. The summed E-state index contributed by atoms with van der Waals surface area (Å²) in [6.45, 7) is 1.96. The van der Waals surface area contributed by atoms with Gasteiger partial charge >= 0.3 is 0 Å². The van der Waals surface area contributed by atoms with E-state index in [1.165, 1.54) is 6.07 Å². The predicted molar refractivity (Wildman–Crippen MR) is 60.5 cm³/mol. The van der Waals surface area contributed by atoms with Crippen LogP contribution < -0.4 is 5.73 Å². The van der Waals surface area contributed by atoms with Gasteiger partial charge in [-0.25, -0.2) is 0 Å². The van der Waals surface area contributed by atoms with Gasteiger partial charge in [-0.15, -0.1) is 0 Å². The summed E-state index contributed by atoms with van der Waals surface area (Å²) in [4.78, 5) is 4.08. The highest BCUT2D eigenvalue weighted by Gasteiger charge is 2.04. The van der Waals surface area contributed by atoms with Crippen LogP contribution in [0.3, 0.4) is 0 Å². The van der Waals surface area contributed by atoms with Gasteiger partial charge in [-0.3, -0.25) is 4.98 Å². The Morgan fingerprint density at radius 2 is 2.00 bits per heavy atom.